The molecular formula is C30H33Cl3N2O3. The summed E-state index contributed by atoms with van der Waals surface area (Å²) in [7, 11) is 0. The van der Waals surface area contributed by atoms with Crippen molar-refractivity contribution in [3.8, 4) is 5.75 Å². The molecule has 5 nitrogen and oxygen atoms in total. The third kappa shape index (κ3) is 8.39. The molecule has 0 unspecified atom stereocenters. The number of amides is 2. The van der Waals surface area contributed by atoms with E-state index < -0.39 is 6.04 Å². The molecule has 38 heavy (non-hydrogen) atoms. The second-order valence-electron chi connectivity index (χ2n) is 9.27. The fraction of sp³-hybridized carbons (Fsp3) is 0.333. The highest BCUT2D eigenvalue weighted by atomic mass is 35.5. The van der Waals surface area contributed by atoms with Crippen LogP contribution < -0.4 is 10.1 Å². The lowest BCUT2D eigenvalue weighted by molar-refractivity contribution is -0.142. The summed E-state index contributed by atoms with van der Waals surface area (Å²) in [5, 5.41) is 4.58. The minimum absolute atomic E-state index is 0.121. The smallest absolute Gasteiger partial charge is 0.261 e. The van der Waals surface area contributed by atoms with E-state index in [1.165, 1.54) is 0 Å². The summed E-state index contributed by atoms with van der Waals surface area (Å²) in [6.07, 6.45) is 2.13. The van der Waals surface area contributed by atoms with E-state index in [9.17, 15) is 9.59 Å². The van der Waals surface area contributed by atoms with Crippen LogP contribution in [0.3, 0.4) is 0 Å². The van der Waals surface area contributed by atoms with E-state index in [4.69, 9.17) is 39.5 Å². The predicted octanol–water partition coefficient (Wildman–Crippen LogP) is 7.20. The first kappa shape index (κ1) is 29.8. The number of nitrogens with zero attached hydrogens (tertiary/aromatic N) is 1. The van der Waals surface area contributed by atoms with Gasteiger partial charge in [-0.15, -0.1) is 0 Å². The number of carbonyl (C=O) groups is 2. The first-order valence-electron chi connectivity index (χ1n) is 12.6. The lowest BCUT2D eigenvalue weighted by Gasteiger charge is -2.32. The molecule has 0 aliphatic rings. The zero-order chi connectivity index (χ0) is 27.7. The standard InChI is InChI=1S/C30H33Cl3N2O3/c1-4-5-13-34-30(37)27(16-22-9-7-6-8-10-22)35(18-23-11-12-24(31)17-26(23)32)28(36)19-38-25-14-20(2)29(33)21(3)15-25/h6-12,14-15,17,27H,4-5,13,16,18-19H2,1-3H3,(H,34,37)/t27-/m0/s1. The van der Waals surface area contributed by atoms with Crippen molar-refractivity contribution in [2.45, 2.75) is 52.6 Å². The molecule has 2 amide bonds. The van der Waals surface area contributed by atoms with E-state index in [2.05, 4.69) is 12.2 Å². The summed E-state index contributed by atoms with van der Waals surface area (Å²) in [4.78, 5) is 28.8. The second-order valence-corrected chi connectivity index (χ2v) is 10.5. The van der Waals surface area contributed by atoms with Crippen molar-refractivity contribution < 1.29 is 14.3 Å². The Kier molecular flexibility index (Phi) is 11.3. The number of hydrogen-bond donors (Lipinski definition) is 1. The average molecular weight is 576 g/mol. The van der Waals surface area contributed by atoms with Crippen LogP contribution >= 0.6 is 34.8 Å². The monoisotopic (exact) mass is 574 g/mol. The highest BCUT2D eigenvalue weighted by Gasteiger charge is 2.31. The van der Waals surface area contributed by atoms with Crippen molar-refractivity contribution in [2.24, 2.45) is 0 Å². The number of carbonyl (C=O) groups excluding carboxylic acids is 2. The van der Waals surface area contributed by atoms with Crippen LogP contribution in [0.4, 0.5) is 0 Å². The van der Waals surface area contributed by atoms with Gasteiger partial charge in [0.2, 0.25) is 5.91 Å². The summed E-state index contributed by atoms with van der Waals surface area (Å²) in [5.74, 6) is -0.0269. The first-order chi connectivity index (χ1) is 18.2. The topological polar surface area (TPSA) is 58.6 Å². The number of halogens is 3. The molecule has 0 spiro atoms. The fourth-order valence-electron chi connectivity index (χ4n) is 4.11. The number of ether oxygens (including phenoxy) is 1. The Morgan fingerprint density at radius 1 is 0.974 bits per heavy atom. The summed E-state index contributed by atoms with van der Waals surface area (Å²) < 4.78 is 5.90. The van der Waals surface area contributed by atoms with Gasteiger partial charge in [0.05, 0.1) is 0 Å². The Morgan fingerprint density at radius 2 is 1.66 bits per heavy atom. The minimum Gasteiger partial charge on any atom is -0.484 e. The molecule has 3 rings (SSSR count). The molecule has 1 atom stereocenters. The van der Waals surface area contributed by atoms with Gasteiger partial charge in [-0.1, -0.05) is 84.5 Å². The van der Waals surface area contributed by atoms with Gasteiger partial charge in [-0.2, -0.15) is 0 Å². The molecular weight excluding hydrogens is 543 g/mol. The third-order valence-corrected chi connectivity index (χ3v) is 7.41. The molecule has 202 valence electrons. The highest BCUT2D eigenvalue weighted by molar-refractivity contribution is 6.35. The van der Waals surface area contributed by atoms with Crippen molar-refractivity contribution >= 4 is 46.6 Å². The van der Waals surface area contributed by atoms with Crippen LogP contribution in [0.2, 0.25) is 15.1 Å². The van der Waals surface area contributed by atoms with Crippen molar-refractivity contribution in [3.63, 3.8) is 0 Å². The Morgan fingerprint density at radius 3 is 2.29 bits per heavy atom. The van der Waals surface area contributed by atoms with Crippen LogP contribution in [0.5, 0.6) is 5.75 Å². The summed E-state index contributed by atoms with van der Waals surface area (Å²) in [6, 6.07) is 17.6. The normalized spacial score (nSPS) is 11.6. The van der Waals surface area contributed by atoms with Gasteiger partial charge in [0, 0.05) is 34.6 Å². The molecule has 3 aromatic rings. The SMILES string of the molecule is CCCCNC(=O)[C@H](Cc1ccccc1)N(Cc1ccc(Cl)cc1Cl)C(=O)COc1cc(C)c(Cl)c(C)c1. The molecule has 0 aliphatic heterocycles. The molecule has 0 bridgehead atoms. The van der Waals surface area contributed by atoms with Crippen LogP contribution in [0, 0.1) is 13.8 Å². The first-order valence-corrected chi connectivity index (χ1v) is 13.8. The van der Waals surface area contributed by atoms with E-state index in [1.807, 2.05) is 44.2 Å². The summed E-state index contributed by atoms with van der Waals surface area (Å²) in [6.45, 7) is 6.23. The number of aryl methyl sites for hydroxylation is 2. The van der Waals surface area contributed by atoms with Crippen molar-refractivity contribution in [1.82, 2.24) is 10.2 Å². The average Bonchev–Trinajstić information content (AvgIpc) is 2.89. The van der Waals surface area contributed by atoms with E-state index in [1.54, 1.807) is 35.2 Å². The predicted molar refractivity (Wildman–Crippen MR) is 155 cm³/mol. The van der Waals surface area contributed by atoms with Crippen molar-refractivity contribution in [3.05, 3.63) is 98.0 Å². The van der Waals surface area contributed by atoms with Gasteiger partial charge >= 0.3 is 0 Å². The Bertz CT molecular complexity index is 1230. The molecule has 0 saturated heterocycles. The quantitative estimate of drug-likeness (QED) is 0.232. The van der Waals surface area contributed by atoms with E-state index >= 15 is 0 Å². The lowest BCUT2D eigenvalue weighted by Crippen LogP contribution is -2.51. The molecule has 3 aromatic carbocycles. The number of nitrogens with one attached hydrogen (secondary N) is 1. The van der Waals surface area contributed by atoms with Crippen LogP contribution in [-0.4, -0.2) is 35.9 Å². The lowest BCUT2D eigenvalue weighted by atomic mass is 10.0. The molecule has 8 heteroatoms. The minimum atomic E-state index is -0.772. The van der Waals surface area contributed by atoms with Gasteiger partial charge in [-0.3, -0.25) is 9.59 Å². The molecule has 1 N–H and O–H groups in total. The maximum atomic E-state index is 13.7. The summed E-state index contributed by atoms with van der Waals surface area (Å²) in [5.41, 5.74) is 3.34. The number of unbranched alkanes of at least 4 members (excludes halogenated alkanes) is 1. The Balaban J connectivity index is 1.93. The van der Waals surface area contributed by atoms with Crippen LogP contribution in [-0.2, 0) is 22.6 Å². The van der Waals surface area contributed by atoms with Gasteiger partial charge in [0.1, 0.15) is 11.8 Å². The van der Waals surface area contributed by atoms with Gasteiger partial charge < -0.3 is 15.0 Å². The van der Waals surface area contributed by atoms with Gasteiger partial charge in [-0.05, 0) is 66.8 Å². The largest absolute Gasteiger partial charge is 0.484 e. The van der Waals surface area contributed by atoms with Gasteiger partial charge in [-0.25, -0.2) is 0 Å². The number of rotatable bonds is 12. The third-order valence-electron chi connectivity index (χ3n) is 6.23. The second kappa shape index (κ2) is 14.4. The fourth-order valence-corrected chi connectivity index (χ4v) is 4.69. The zero-order valence-corrected chi connectivity index (χ0v) is 24.2. The number of benzene rings is 3. The van der Waals surface area contributed by atoms with E-state index in [0.717, 1.165) is 29.5 Å². The van der Waals surface area contributed by atoms with Crippen molar-refractivity contribution in [1.29, 1.82) is 0 Å². The van der Waals surface area contributed by atoms with Gasteiger partial charge in [0.15, 0.2) is 6.61 Å². The maximum Gasteiger partial charge on any atom is 0.261 e. The molecule has 0 saturated carbocycles. The van der Waals surface area contributed by atoms with E-state index in [-0.39, 0.29) is 25.0 Å². The van der Waals surface area contributed by atoms with Crippen LogP contribution in [0.25, 0.3) is 0 Å². The number of hydrogen-bond acceptors (Lipinski definition) is 3. The Hall–Kier alpha value is -2.73. The Labute approximate surface area is 240 Å². The molecule has 0 aromatic heterocycles. The zero-order valence-electron chi connectivity index (χ0n) is 21.9. The van der Waals surface area contributed by atoms with Crippen LogP contribution in [0.15, 0.2) is 60.7 Å². The maximum absolute atomic E-state index is 13.7. The molecule has 0 fully saturated rings. The summed E-state index contributed by atoms with van der Waals surface area (Å²) >= 11 is 18.9. The van der Waals surface area contributed by atoms with Crippen LogP contribution in [0.1, 0.15) is 42.0 Å². The highest BCUT2D eigenvalue weighted by Crippen LogP contribution is 2.27. The van der Waals surface area contributed by atoms with Gasteiger partial charge in [0.25, 0.3) is 5.91 Å². The molecule has 0 heterocycles. The van der Waals surface area contributed by atoms with E-state index in [0.29, 0.717) is 39.3 Å². The molecule has 0 radical (unpaired) electrons. The molecule has 0 aliphatic carbocycles. The van der Waals surface area contributed by atoms with Crippen molar-refractivity contribution in [2.75, 3.05) is 13.2 Å².